The zero-order valence-corrected chi connectivity index (χ0v) is 16.0. The summed E-state index contributed by atoms with van der Waals surface area (Å²) in [5.41, 5.74) is 12.0. The number of hydrogen-bond donors (Lipinski definition) is 4. The number of rotatable bonds is 9. The van der Waals surface area contributed by atoms with E-state index < -0.39 is 0 Å². The van der Waals surface area contributed by atoms with Gasteiger partial charge in [0.25, 0.3) is 5.56 Å². The van der Waals surface area contributed by atoms with Crippen LogP contribution in [0, 0.1) is 0 Å². The second kappa shape index (κ2) is 9.24. The number of nitrogens with zero attached hydrogens (tertiary/aromatic N) is 3. The Bertz CT molecular complexity index is 946. The number of hydrogen-bond acceptors (Lipinski definition) is 8. The van der Waals surface area contributed by atoms with Gasteiger partial charge in [-0.1, -0.05) is 0 Å². The van der Waals surface area contributed by atoms with E-state index in [1.54, 1.807) is 30.3 Å². The molecule has 6 N–H and O–H groups in total. The van der Waals surface area contributed by atoms with E-state index in [-0.39, 0.29) is 11.5 Å². The minimum absolute atomic E-state index is 0.00410. The van der Waals surface area contributed by atoms with Crippen molar-refractivity contribution in [3.05, 3.63) is 57.3 Å². The molecular formula is C16H19N7O2S2. The lowest BCUT2D eigenvalue weighted by Crippen LogP contribution is -2.21. The van der Waals surface area contributed by atoms with Crippen LogP contribution in [0.15, 0.2) is 44.2 Å². The first-order valence-corrected chi connectivity index (χ1v) is 10.1. The quantitative estimate of drug-likeness (QED) is 0.239. The molecule has 0 fully saturated rings. The fourth-order valence-electron chi connectivity index (χ4n) is 2.18. The third-order valence-corrected chi connectivity index (χ3v) is 5.15. The van der Waals surface area contributed by atoms with E-state index in [1.165, 1.54) is 11.3 Å². The van der Waals surface area contributed by atoms with Gasteiger partial charge in [-0.25, -0.2) is 9.97 Å². The van der Waals surface area contributed by atoms with Crippen LogP contribution in [0.3, 0.4) is 0 Å². The maximum Gasteiger partial charge on any atom is 0.255 e. The predicted octanol–water partition coefficient (Wildman–Crippen LogP) is 1.66. The summed E-state index contributed by atoms with van der Waals surface area (Å²) in [6.45, 7) is 0.663. The lowest BCUT2D eigenvalue weighted by molar-refractivity contribution is 0.520. The van der Waals surface area contributed by atoms with Crippen molar-refractivity contribution in [2.75, 3.05) is 17.6 Å². The van der Waals surface area contributed by atoms with Crippen molar-refractivity contribution < 1.29 is 4.42 Å². The summed E-state index contributed by atoms with van der Waals surface area (Å²) in [6.07, 6.45) is 3.57. The zero-order chi connectivity index (χ0) is 19.1. The lowest BCUT2D eigenvalue weighted by Gasteiger charge is -2.05. The summed E-state index contributed by atoms with van der Waals surface area (Å²) in [7, 11) is 0. The molecule has 3 aromatic heterocycles. The van der Waals surface area contributed by atoms with Gasteiger partial charge in [-0.05, 0) is 12.1 Å². The van der Waals surface area contributed by atoms with Crippen LogP contribution in [0.25, 0.3) is 0 Å². The fraction of sp³-hybridized carbons (Fsp3) is 0.250. The van der Waals surface area contributed by atoms with E-state index in [9.17, 15) is 4.79 Å². The number of aliphatic imine (C=N–C) groups is 1. The molecule has 142 valence electrons. The van der Waals surface area contributed by atoms with Gasteiger partial charge in [0.1, 0.15) is 5.76 Å². The first kappa shape index (κ1) is 19.0. The van der Waals surface area contributed by atoms with Crippen molar-refractivity contribution in [1.82, 2.24) is 15.0 Å². The van der Waals surface area contributed by atoms with Crippen molar-refractivity contribution in [2.45, 2.75) is 12.2 Å². The van der Waals surface area contributed by atoms with Crippen LogP contribution in [0.5, 0.6) is 0 Å². The van der Waals surface area contributed by atoms with Crippen LogP contribution in [0.2, 0.25) is 0 Å². The molecule has 0 saturated heterocycles. The highest BCUT2D eigenvalue weighted by Gasteiger charge is 2.06. The van der Waals surface area contributed by atoms with Gasteiger partial charge in [0.15, 0.2) is 5.96 Å². The van der Waals surface area contributed by atoms with Crippen molar-refractivity contribution in [2.24, 2.45) is 16.5 Å². The fourth-order valence-corrected chi connectivity index (χ4v) is 3.74. The first-order chi connectivity index (χ1) is 13.1. The number of aromatic amines is 1. The summed E-state index contributed by atoms with van der Waals surface area (Å²) in [5.74, 6) is 2.76. The average molecular weight is 406 g/mol. The molecule has 3 aromatic rings. The second-order valence-electron chi connectivity index (χ2n) is 5.48. The van der Waals surface area contributed by atoms with Gasteiger partial charge in [0, 0.05) is 41.6 Å². The van der Waals surface area contributed by atoms with E-state index >= 15 is 0 Å². The Balaban J connectivity index is 1.41. The minimum Gasteiger partial charge on any atom is -0.469 e. The zero-order valence-electron chi connectivity index (χ0n) is 14.3. The van der Waals surface area contributed by atoms with Crippen LogP contribution >= 0.6 is 23.1 Å². The van der Waals surface area contributed by atoms with Crippen molar-refractivity contribution in [1.29, 1.82) is 0 Å². The van der Waals surface area contributed by atoms with Crippen molar-refractivity contribution in [3.8, 4) is 0 Å². The molecule has 0 aromatic carbocycles. The highest BCUT2D eigenvalue weighted by molar-refractivity contribution is 7.98. The molecule has 3 rings (SSSR count). The molecule has 0 unspecified atom stereocenters. The summed E-state index contributed by atoms with van der Waals surface area (Å²) in [6, 6.07) is 3.61. The number of guanidine groups is 1. The molecule has 0 aliphatic heterocycles. The SMILES string of the molecule is NC(N)=Nc1nc(CSCCNc2ncc(Cc3ccco3)c(=O)[nH]2)cs1. The molecule has 0 saturated carbocycles. The van der Waals surface area contributed by atoms with Crippen LogP contribution in [0.1, 0.15) is 17.0 Å². The van der Waals surface area contributed by atoms with Gasteiger partial charge in [-0.3, -0.25) is 9.78 Å². The van der Waals surface area contributed by atoms with E-state index in [2.05, 4.69) is 25.3 Å². The highest BCUT2D eigenvalue weighted by Crippen LogP contribution is 2.21. The number of aromatic nitrogens is 3. The third-order valence-electron chi connectivity index (χ3n) is 3.37. The Labute approximate surface area is 163 Å². The number of thioether (sulfide) groups is 1. The third kappa shape index (κ3) is 5.86. The predicted molar refractivity (Wildman–Crippen MR) is 109 cm³/mol. The standard InChI is InChI=1S/C16H19N7O2S2/c17-14(18)23-16-21-11(9-27-16)8-26-5-3-19-15-20-7-10(13(24)22-15)6-12-2-1-4-25-12/h1-2,4,7,9H,3,5-6,8H2,(H4,17,18,21,23)(H2,19,20,22,24). The highest BCUT2D eigenvalue weighted by atomic mass is 32.2. The van der Waals surface area contributed by atoms with Gasteiger partial charge < -0.3 is 21.2 Å². The average Bonchev–Trinajstić information content (AvgIpc) is 3.28. The number of furan rings is 1. The minimum atomic E-state index is -0.175. The van der Waals surface area contributed by atoms with E-state index in [0.29, 0.717) is 29.6 Å². The van der Waals surface area contributed by atoms with Crippen LogP contribution in [-0.4, -0.2) is 33.2 Å². The number of nitrogens with one attached hydrogen (secondary N) is 2. The number of nitrogens with two attached hydrogens (primary N) is 2. The Kier molecular flexibility index (Phi) is 6.49. The Morgan fingerprint density at radius 2 is 2.33 bits per heavy atom. The summed E-state index contributed by atoms with van der Waals surface area (Å²) < 4.78 is 5.25. The van der Waals surface area contributed by atoms with Gasteiger partial charge in [0.05, 0.1) is 12.0 Å². The molecule has 27 heavy (non-hydrogen) atoms. The number of anilines is 1. The first-order valence-electron chi connectivity index (χ1n) is 8.06. The maximum absolute atomic E-state index is 12.1. The largest absolute Gasteiger partial charge is 0.469 e. The Morgan fingerprint density at radius 3 is 3.07 bits per heavy atom. The molecule has 0 radical (unpaired) electrons. The van der Waals surface area contributed by atoms with E-state index in [0.717, 1.165) is 23.0 Å². The molecule has 0 atom stereocenters. The topological polar surface area (TPSA) is 148 Å². The van der Waals surface area contributed by atoms with Gasteiger partial charge in [-0.15, -0.1) is 11.3 Å². The van der Waals surface area contributed by atoms with Gasteiger partial charge >= 0.3 is 0 Å². The molecular weight excluding hydrogens is 386 g/mol. The Morgan fingerprint density at radius 1 is 1.44 bits per heavy atom. The molecule has 0 spiro atoms. The maximum atomic E-state index is 12.1. The molecule has 0 amide bonds. The summed E-state index contributed by atoms with van der Waals surface area (Å²) in [5, 5.41) is 5.59. The molecule has 0 bridgehead atoms. The summed E-state index contributed by atoms with van der Waals surface area (Å²) >= 11 is 3.10. The van der Waals surface area contributed by atoms with Gasteiger partial charge in [0.2, 0.25) is 11.1 Å². The van der Waals surface area contributed by atoms with Crippen molar-refractivity contribution in [3.63, 3.8) is 0 Å². The monoisotopic (exact) mass is 405 g/mol. The van der Waals surface area contributed by atoms with Crippen LogP contribution in [0.4, 0.5) is 11.1 Å². The lowest BCUT2D eigenvalue weighted by atomic mass is 10.2. The Hall–Kier alpha value is -2.79. The molecule has 3 heterocycles. The number of thiazole rings is 1. The molecule has 11 heteroatoms. The van der Waals surface area contributed by atoms with Crippen molar-refractivity contribution >= 4 is 40.1 Å². The smallest absolute Gasteiger partial charge is 0.255 e. The molecule has 0 aliphatic carbocycles. The molecule has 9 nitrogen and oxygen atoms in total. The van der Waals surface area contributed by atoms with Crippen LogP contribution in [-0.2, 0) is 12.2 Å². The second-order valence-corrected chi connectivity index (χ2v) is 7.42. The summed E-state index contributed by atoms with van der Waals surface area (Å²) in [4.78, 5) is 27.3. The normalized spacial score (nSPS) is 10.7. The van der Waals surface area contributed by atoms with Crippen LogP contribution < -0.4 is 22.3 Å². The number of H-pyrrole nitrogens is 1. The molecule has 0 aliphatic rings. The van der Waals surface area contributed by atoms with E-state index in [1.807, 2.05) is 11.4 Å². The van der Waals surface area contributed by atoms with Gasteiger partial charge in [-0.2, -0.15) is 16.8 Å². The van der Waals surface area contributed by atoms with E-state index in [4.69, 9.17) is 15.9 Å².